The average Bonchev–Trinajstić information content (AvgIpc) is 2.23. The van der Waals surface area contributed by atoms with Crippen molar-refractivity contribution in [3.05, 3.63) is 35.4 Å². The van der Waals surface area contributed by atoms with Crippen molar-refractivity contribution in [2.75, 3.05) is 0 Å². The quantitative estimate of drug-likeness (QED) is 0.830. The Kier molecular flexibility index (Phi) is 4.46. The first-order valence-electron chi connectivity index (χ1n) is 5.04. The van der Waals surface area contributed by atoms with Crippen LogP contribution in [0.2, 0.25) is 0 Å². The summed E-state index contributed by atoms with van der Waals surface area (Å²) in [6, 6.07) is 0. The molecule has 2 amide bonds. The highest BCUT2D eigenvalue weighted by atomic mass is 32.2. The molecular formula is C11H11F3N2O2S. The highest BCUT2D eigenvalue weighted by Crippen LogP contribution is 2.34. The Labute approximate surface area is 111 Å². The maximum absolute atomic E-state index is 12.3. The molecule has 1 heterocycles. The number of alkyl halides is 3. The van der Waals surface area contributed by atoms with Crippen molar-refractivity contribution in [3.8, 4) is 0 Å². The zero-order valence-electron chi connectivity index (χ0n) is 9.71. The number of hydrogen-bond donors (Lipinski definition) is 2. The summed E-state index contributed by atoms with van der Waals surface area (Å²) >= 11 is 0.899. The summed E-state index contributed by atoms with van der Waals surface area (Å²) in [5.41, 5.74) is 3.79. The van der Waals surface area contributed by atoms with Gasteiger partial charge in [-0.05, 0) is 6.08 Å². The Balaban J connectivity index is 2.85. The van der Waals surface area contributed by atoms with Gasteiger partial charge in [0.1, 0.15) is 0 Å². The number of thioether (sulfide) groups is 1. The van der Waals surface area contributed by atoms with Crippen molar-refractivity contribution in [1.29, 1.82) is 0 Å². The minimum Gasteiger partial charge on any atom is -0.370 e. The number of carbonyl (C=O) groups excluding carboxylic acids is 2. The Hall–Kier alpha value is -1.70. The second kappa shape index (κ2) is 5.52. The average molecular weight is 292 g/mol. The molecule has 0 aromatic carbocycles. The first-order chi connectivity index (χ1) is 8.61. The minimum absolute atomic E-state index is 0.0713. The van der Waals surface area contributed by atoms with Gasteiger partial charge in [-0.3, -0.25) is 9.59 Å². The summed E-state index contributed by atoms with van der Waals surface area (Å²) in [4.78, 5) is 22.5. The number of allylic oxidation sites excluding steroid dienone is 2. The first kappa shape index (κ1) is 15.4. The van der Waals surface area contributed by atoms with Gasteiger partial charge in [-0.1, -0.05) is 13.2 Å². The van der Waals surface area contributed by atoms with Gasteiger partial charge in [0, 0.05) is 11.3 Å². The minimum atomic E-state index is -4.58. The van der Waals surface area contributed by atoms with Gasteiger partial charge >= 0.3 is 6.18 Å². The lowest BCUT2D eigenvalue weighted by molar-refractivity contribution is -0.124. The largest absolute Gasteiger partial charge is 0.415 e. The molecule has 1 aliphatic rings. The van der Waals surface area contributed by atoms with E-state index in [4.69, 9.17) is 5.73 Å². The van der Waals surface area contributed by atoms with Crippen LogP contribution in [0, 0.1) is 0 Å². The van der Waals surface area contributed by atoms with Crippen LogP contribution < -0.4 is 11.1 Å². The number of rotatable bonds is 3. The van der Waals surface area contributed by atoms with Crippen LogP contribution in [-0.4, -0.2) is 23.2 Å². The Morgan fingerprint density at radius 1 is 1.53 bits per heavy atom. The smallest absolute Gasteiger partial charge is 0.370 e. The molecule has 0 aromatic rings. The van der Waals surface area contributed by atoms with Gasteiger partial charge in [-0.2, -0.15) is 13.2 Å². The molecule has 1 rings (SSSR count). The predicted molar refractivity (Wildman–Crippen MR) is 65.8 cm³/mol. The Morgan fingerprint density at radius 3 is 2.58 bits per heavy atom. The fourth-order valence-corrected chi connectivity index (χ4v) is 2.26. The van der Waals surface area contributed by atoms with Gasteiger partial charge in [-0.15, -0.1) is 11.8 Å². The summed E-state index contributed by atoms with van der Waals surface area (Å²) in [5.74, 6) is -1.26. The Bertz CT molecular complexity index is 483. The molecular weight excluding hydrogens is 281 g/mol. The lowest BCUT2D eigenvalue weighted by Gasteiger charge is -2.25. The van der Waals surface area contributed by atoms with Crippen LogP contribution in [0.3, 0.4) is 0 Å². The van der Waals surface area contributed by atoms with Crippen LogP contribution in [0.15, 0.2) is 35.4 Å². The third-order valence-electron chi connectivity index (χ3n) is 2.20. The maximum Gasteiger partial charge on any atom is 0.415 e. The molecule has 0 radical (unpaired) electrons. The van der Waals surface area contributed by atoms with Crippen LogP contribution in [0.1, 0.15) is 6.42 Å². The van der Waals surface area contributed by atoms with Gasteiger partial charge in [-0.25, -0.2) is 0 Å². The summed E-state index contributed by atoms with van der Waals surface area (Å²) in [6.07, 6.45) is -4.08. The van der Waals surface area contributed by atoms with Crippen molar-refractivity contribution < 1.29 is 22.8 Å². The first-order valence-corrected chi connectivity index (χ1v) is 5.92. The topological polar surface area (TPSA) is 72.2 Å². The van der Waals surface area contributed by atoms with Crippen LogP contribution in [0.25, 0.3) is 0 Å². The predicted octanol–water partition coefficient (Wildman–Crippen LogP) is 1.61. The summed E-state index contributed by atoms with van der Waals surface area (Å²) in [7, 11) is 0. The number of nitrogens with one attached hydrogen (secondary N) is 1. The van der Waals surface area contributed by atoms with Gasteiger partial charge in [0.2, 0.25) is 11.8 Å². The summed E-state index contributed by atoms with van der Waals surface area (Å²) in [5, 5.41) is 1.48. The molecule has 0 aliphatic carbocycles. The maximum atomic E-state index is 12.3. The molecule has 104 valence electrons. The third-order valence-corrected chi connectivity index (χ3v) is 3.37. The monoisotopic (exact) mass is 292 g/mol. The highest BCUT2D eigenvalue weighted by Gasteiger charge is 2.33. The third kappa shape index (κ3) is 4.16. The van der Waals surface area contributed by atoms with Gasteiger partial charge in [0.05, 0.1) is 16.5 Å². The van der Waals surface area contributed by atoms with Crippen molar-refractivity contribution in [3.63, 3.8) is 0 Å². The molecule has 1 fully saturated rings. The van der Waals surface area contributed by atoms with E-state index in [9.17, 15) is 22.8 Å². The SMILES string of the molecule is C=C1SC(CC(N)=O)C(=O)N/C1=C/C(=C)C(F)(F)F. The van der Waals surface area contributed by atoms with E-state index in [-0.39, 0.29) is 17.0 Å². The fourth-order valence-electron chi connectivity index (χ4n) is 1.26. The standard InChI is InChI=1S/C11H11F3N2O2S/c1-5(11(12,13)14)3-7-6(2)19-8(4-9(15)17)10(18)16-7/h3,8H,1-2,4H2,(H2,15,17)(H,16,18)/b7-3+. The molecule has 0 spiro atoms. The van der Waals surface area contributed by atoms with E-state index in [1.807, 2.05) is 0 Å². The Morgan fingerprint density at radius 2 is 2.11 bits per heavy atom. The zero-order chi connectivity index (χ0) is 14.8. The number of amides is 2. The van der Waals surface area contributed by atoms with E-state index in [2.05, 4.69) is 18.5 Å². The number of halogens is 3. The van der Waals surface area contributed by atoms with E-state index in [0.717, 1.165) is 11.8 Å². The second-order valence-corrected chi connectivity index (χ2v) is 5.07. The molecule has 0 bridgehead atoms. The molecule has 1 atom stereocenters. The van der Waals surface area contributed by atoms with Crippen molar-refractivity contribution in [1.82, 2.24) is 5.32 Å². The lowest BCUT2D eigenvalue weighted by atomic mass is 10.2. The zero-order valence-corrected chi connectivity index (χ0v) is 10.5. The fraction of sp³-hybridized carbons (Fsp3) is 0.273. The molecule has 8 heteroatoms. The number of nitrogens with two attached hydrogens (primary N) is 1. The van der Waals surface area contributed by atoms with Crippen LogP contribution >= 0.6 is 11.8 Å². The second-order valence-electron chi connectivity index (χ2n) is 3.77. The number of carbonyl (C=O) groups is 2. The van der Waals surface area contributed by atoms with E-state index >= 15 is 0 Å². The van der Waals surface area contributed by atoms with Gasteiger partial charge in [0.15, 0.2) is 0 Å². The molecule has 1 aliphatic heterocycles. The summed E-state index contributed by atoms with van der Waals surface area (Å²) in [6.45, 7) is 6.41. The van der Waals surface area contributed by atoms with Gasteiger partial charge < -0.3 is 11.1 Å². The number of primary amides is 1. The molecule has 3 N–H and O–H groups in total. The van der Waals surface area contributed by atoms with E-state index in [1.54, 1.807) is 0 Å². The highest BCUT2D eigenvalue weighted by molar-refractivity contribution is 8.04. The molecule has 1 unspecified atom stereocenters. The molecule has 4 nitrogen and oxygen atoms in total. The molecule has 19 heavy (non-hydrogen) atoms. The van der Waals surface area contributed by atoms with Crippen molar-refractivity contribution in [2.24, 2.45) is 5.73 Å². The normalized spacial score (nSPS) is 22.3. The molecule has 0 saturated carbocycles. The summed E-state index contributed by atoms with van der Waals surface area (Å²) < 4.78 is 37.0. The van der Waals surface area contributed by atoms with Crippen molar-refractivity contribution >= 4 is 23.6 Å². The van der Waals surface area contributed by atoms with Crippen LogP contribution in [-0.2, 0) is 9.59 Å². The van der Waals surface area contributed by atoms with E-state index < -0.39 is 28.8 Å². The van der Waals surface area contributed by atoms with Crippen LogP contribution in [0.5, 0.6) is 0 Å². The van der Waals surface area contributed by atoms with E-state index in [0.29, 0.717) is 6.08 Å². The van der Waals surface area contributed by atoms with Crippen LogP contribution in [0.4, 0.5) is 13.2 Å². The van der Waals surface area contributed by atoms with E-state index in [1.165, 1.54) is 0 Å². The van der Waals surface area contributed by atoms with Crippen molar-refractivity contribution in [2.45, 2.75) is 17.8 Å². The van der Waals surface area contributed by atoms with Gasteiger partial charge in [0.25, 0.3) is 0 Å². The lowest BCUT2D eigenvalue weighted by Crippen LogP contribution is -2.39. The number of hydrogen-bond acceptors (Lipinski definition) is 3. The molecule has 0 aromatic heterocycles. The molecule has 1 saturated heterocycles.